The molecule has 0 amide bonds. The average Bonchev–Trinajstić information content (AvgIpc) is 3.21. The Bertz CT molecular complexity index is 450. The van der Waals surface area contributed by atoms with Gasteiger partial charge in [-0.3, -0.25) is 4.90 Å². The van der Waals surface area contributed by atoms with Crippen LogP contribution >= 0.6 is 0 Å². The van der Waals surface area contributed by atoms with Crippen molar-refractivity contribution < 1.29 is 0 Å². The third-order valence-corrected chi connectivity index (χ3v) is 4.86. The molecule has 2 heteroatoms. The molecule has 1 aromatic carbocycles. The van der Waals surface area contributed by atoms with Crippen molar-refractivity contribution in [2.24, 2.45) is 5.92 Å². The Morgan fingerprint density at radius 2 is 1.95 bits per heavy atom. The zero-order chi connectivity index (χ0) is 14.1. The van der Waals surface area contributed by atoms with E-state index in [0.29, 0.717) is 12.1 Å². The van der Waals surface area contributed by atoms with Crippen LogP contribution < -0.4 is 5.32 Å². The predicted octanol–water partition coefficient (Wildman–Crippen LogP) is 3.55. The minimum absolute atomic E-state index is 0.583. The van der Waals surface area contributed by atoms with E-state index in [0.717, 1.165) is 18.4 Å². The summed E-state index contributed by atoms with van der Waals surface area (Å²) in [5.41, 5.74) is 3.10. The molecule has 2 unspecified atom stereocenters. The monoisotopic (exact) mass is 272 g/mol. The molecule has 1 aliphatic carbocycles. The molecule has 1 aromatic rings. The summed E-state index contributed by atoms with van der Waals surface area (Å²) < 4.78 is 0. The van der Waals surface area contributed by atoms with Crippen molar-refractivity contribution in [1.82, 2.24) is 10.2 Å². The molecular formula is C18H28N2. The molecule has 1 saturated carbocycles. The lowest BCUT2D eigenvalue weighted by molar-refractivity contribution is 0.269. The van der Waals surface area contributed by atoms with Gasteiger partial charge in [-0.1, -0.05) is 38.1 Å². The number of likely N-dealkylation sites (tertiary alicyclic amines) is 1. The molecule has 1 N–H and O–H groups in total. The number of hydrogen-bond acceptors (Lipinski definition) is 2. The van der Waals surface area contributed by atoms with E-state index in [1.54, 1.807) is 5.56 Å². The second-order valence-corrected chi connectivity index (χ2v) is 6.98. The second kappa shape index (κ2) is 5.87. The van der Waals surface area contributed by atoms with E-state index in [9.17, 15) is 0 Å². The zero-order valence-corrected chi connectivity index (χ0v) is 13.1. The second-order valence-electron chi connectivity index (χ2n) is 6.98. The Labute approximate surface area is 123 Å². The van der Waals surface area contributed by atoms with Gasteiger partial charge < -0.3 is 5.32 Å². The van der Waals surface area contributed by atoms with Crippen LogP contribution in [0.3, 0.4) is 0 Å². The topological polar surface area (TPSA) is 15.3 Å². The first-order valence-corrected chi connectivity index (χ1v) is 8.18. The van der Waals surface area contributed by atoms with Gasteiger partial charge in [0.15, 0.2) is 0 Å². The number of rotatable bonds is 5. The Morgan fingerprint density at radius 3 is 2.65 bits per heavy atom. The van der Waals surface area contributed by atoms with Crippen molar-refractivity contribution in [3.63, 3.8) is 0 Å². The molecule has 1 saturated heterocycles. The lowest BCUT2D eigenvalue weighted by atomic mass is 9.92. The van der Waals surface area contributed by atoms with Crippen LogP contribution in [-0.4, -0.2) is 31.1 Å². The van der Waals surface area contributed by atoms with Crippen molar-refractivity contribution >= 4 is 0 Å². The maximum Gasteiger partial charge on any atom is 0.0385 e. The van der Waals surface area contributed by atoms with Crippen LogP contribution in [0.1, 0.15) is 56.2 Å². The fraction of sp³-hybridized carbons (Fsp3) is 0.667. The van der Waals surface area contributed by atoms with Gasteiger partial charge in [0, 0.05) is 18.6 Å². The molecule has 2 aliphatic rings. The molecule has 110 valence electrons. The van der Waals surface area contributed by atoms with E-state index in [4.69, 9.17) is 0 Å². The molecule has 0 bridgehead atoms. The average molecular weight is 272 g/mol. The van der Waals surface area contributed by atoms with E-state index in [2.05, 4.69) is 55.4 Å². The van der Waals surface area contributed by atoms with Gasteiger partial charge in [0.2, 0.25) is 0 Å². The Morgan fingerprint density at radius 1 is 1.20 bits per heavy atom. The molecule has 0 aromatic heterocycles. The highest BCUT2D eigenvalue weighted by Crippen LogP contribution is 2.42. The molecule has 2 fully saturated rings. The fourth-order valence-electron chi connectivity index (χ4n) is 3.57. The number of benzene rings is 1. The smallest absolute Gasteiger partial charge is 0.0385 e. The molecule has 2 nitrogen and oxygen atoms in total. The largest absolute Gasteiger partial charge is 0.314 e. The summed E-state index contributed by atoms with van der Waals surface area (Å²) in [7, 11) is 2.28. The summed E-state index contributed by atoms with van der Waals surface area (Å²) in [6.07, 6.45) is 4.10. The Kier molecular flexibility index (Phi) is 4.13. The van der Waals surface area contributed by atoms with Gasteiger partial charge in [-0.05, 0) is 55.8 Å². The minimum atomic E-state index is 0.583. The van der Waals surface area contributed by atoms with Crippen LogP contribution in [0, 0.1) is 5.92 Å². The van der Waals surface area contributed by atoms with Gasteiger partial charge in [-0.25, -0.2) is 0 Å². The van der Waals surface area contributed by atoms with Crippen LogP contribution in [-0.2, 0) is 0 Å². The molecule has 0 radical (unpaired) electrons. The predicted molar refractivity (Wildman–Crippen MR) is 85.0 cm³/mol. The SMILES string of the molecule is CC(C)NCC1CCN(C)C1c1cccc(C2CC2)c1. The lowest BCUT2D eigenvalue weighted by Gasteiger charge is -2.27. The quantitative estimate of drug-likeness (QED) is 0.882. The highest BCUT2D eigenvalue weighted by atomic mass is 15.2. The van der Waals surface area contributed by atoms with Crippen LogP contribution in [0.25, 0.3) is 0 Å². The van der Waals surface area contributed by atoms with Gasteiger partial charge in [-0.15, -0.1) is 0 Å². The Hall–Kier alpha value is -0.860. The summed E-state index contributed by atoms with van der Waals surface area (Å²) in [5.74, 6) is 1.60. The van der Waals surface area contributed by atoms with Gasteiger partial charge in [0.1, 0.15) is 0 Å². The van der Waals surface area contributed by atoms with Crippen LogP contribution in [0.4, 0.5) is 0 Å². The number of hydrogen-bond donors (Lipinski definition) is 1. The molecule has 2 atom stereocenters. The highest BCUT2D eigenvalue weighted by Gasteiger charge is 2.33. The summed E-state index contributed by atoms with van der Waals surface area (Å²) in [6.45, 7) is 6.84. The van der Waals surface area contributed by atoms with Crippen molar-refractivity contribution in [3.05, 3.63) is 35.4 Å². The van der Waals surface area contributed by atoms with E-state index < -0.39 is 0 Å². The third kappa shape index (κ3) is 3.07. The first-order valence-electron chi connectivity index (χ1n) is 8.18. The maximum absolute atomic E-state index is 3.63. The number of nitrogens with one attached hydrogen (secondary N) is 1. The molecule has 0 spiro atoms. The van der Waals surface area contributed by atoms with Gasteiger partial charge in [0.25, 0.3) is 0 Å². The summed E-state index contributed by atoms with van der Waals surface area (Å²) in [4.78, 5) is 2.54. The summed E-state index contributed by atoms with van der Waals surface area (Å²) in [6, 6.07) is 10.6. The third-order valence-electron chi connectivity index (χ3n) is 4.86. The molecule has 3 rings (SSSR count). The summed E-state index contributed by atoms with van der Waals surface area (Å²) >= 11 is 0. The van der Waals surface area contributed by atoms with E-state index in [1.807, 2.05) is 0 Å². The van der Waals surface area contributed by atoms with Crippen molar-refractivity contribution in [2.45, 2.75) is 51.1 Å². The van der Waals surface area contributed by atoms with Gasteiger partial charge in [0.05, 0.1) is 0 Å². The van der Waals surface area contributed by atoms with Gasteiger partial charge in [-0.2, -0.15) is 0 Å². The highest BCUT2D eigenvalue weighted by molar-refractivity contribution is 5.31. The lowest BCUT2D eigenvalue weighted by Crippen LogP contribution is -2.32. The molecule has 1 heterocycles. The van der Waals surface area contributed by atoms with Crippen LogP contribution in [0.5, 0.6) is 0 Å². The van der Waals surface area contributed by atoms with Crippen molar-refractivity contribution in [1.29, 1.82) is 0 Å². The number of nitrogens with zero attached hydrogens (tertiary/aromatic N) is 1. The maximum atomic E-state index is 3.63. The fourth-order valence-corrected chi connectivity index (χ4v) is 3.57. The van der Waals surface area contributed by atoms with Gasteiger partial charge >= 0.3 is 0 Å². The van der Waals surface area contributed by atoms with E-state index in [-0.39, 0.29) is 0 Å². The first kappa shape index (κ1) is 14.1. The molecular weight excluding hydrogens is 244 g/mol. The van der Waals surface area contributed by atoms with E-state index in [1.165, 1.54) is 31.4 Å². The normalized spacial score (nSPS) is 27.4. The van der Waals surface area contributed by atoms with Crippen molar-refractivity contribution in [2.75, 3.05) is 20.1 Å². The first-order chi connectivity index (χ1) is 9.65. The zero-order valence-electron chi connectivity index (χ0n) is 13.1. The molecule has 20 heavy (non-hydrogen) atoms. The Balaban J connectivity index is 1.76. The van der Waals surface area contributed by atoms with Crippen LogP contribution in [0.15, 0.2) is 24.3 Å². The minimum Gasteiger partial charge on any atom is -0.314 e. The molecule has 1 aliphatic heterocycles. The summed E-state index contributed by atoms with van der Waals surface area (Å²) in [5, 5.41) is 3.63. The van der Waals surface area contributed by atoms with Crippen molar-refractivity contribution in [3.8, 4) is 0 Å². The standard InChI is InChI=1S/C18H28N2/c1-13(2)19-12-17-9-10-20(3)18(17)16-6-4-5-15(11-16)14-7-8-14/h4-6,11,13-14,17-19H,7-10,12H2,1-3H3. The van der Waals surface area contributed by atoms with Crippen LogP contribution in [0.2, 0.25) is 0 Å². The van der Waals surface area contributed by atoms with E-state index >= 15 is 0 Å².